The second kappa shape index (κ2) is 8.75. The van der Waals surface area contributed by atoms with Gasteiger partial charge in [0.15, 0.2) is 0 Å². The predicted octanol–water partition coefficient (Wildman–Crippen LogP) is 2.44. The molecule has 0 bridgehead atoms. The van der Waals surface area contributed by atoms with Gasteiger partial charge in [0.1, 0.15) is 17.6 Å². The van der Waals surface area contributed by atoms with E-state index in [0.717, 1.165) is 0 Å². The molecule has 0 aliphatic carbocycles. The number of aromatic hydroxyl groups is 1. The van der Waals surface area contributed by atoms with E-state index in [1.54, 1.807) is 26.0 Å². The molecule has 0 spiro atoms. The van der Waals surface area contributed by atoms with Crippen molar-refractivity contribution < 1.29 is 19.1 Å². The number of halogens is 1. The van der Waals surface area contributed by atoms with Crippen LogP contribution in [0, 0.1) is 11.7 Å². The Labute approximate surface area is 150 Å². The Morgan fingerprint density at radius 1 is 1.08 bits per heavy atom. The minimum absolute atomic E-state index is 0.134. The maximum atomic E-state index is 12.9. The fourth-order valence-corrected chi connectivity index (χ4v) is 2.16. The van der Waals surface area contributed by atoms with Crippen LogP contribution in [0.4, 0.5) is 4.39 Å². The smallest absolute Gasteiger partial charge is 0.262 e. The number of carbonyl (C=O) groups excluding carboxylic acids is 2. The highest BCUT2D eigenvalue weighted by atomic mass is 19.1. The fraction of sp³-hybridized carbons (Fsp3) is 0.211. The maximum absolute atomic E-state index is 12.9. The number of hydrogen-bond acceptors (Lipinski definition) is 4. The summed E-state index contributed by atoms with van der Waals surface area (Å²) in [7, 11) is 0. The van der Waals surface area contributed by atoms with Gasteiger partial charge < -0.3 is 10.4 Å². The summed E-state index contributed by atoms with van der Waals surface area (Å²) < 4.78 is 12.9. The molecule has 1 atom stereocenters. The molecular weight excluding hydrogens is 337 g/mol. The van der Waals surface area contributed by atoms with E-state index in [1.807, 2.05) is 0 Å². The van der Waals surface area contributed by atoms with Crippen LogP contribution in [0.1, 0.15) is 29.8 Å². The van der Waals surface area contributed by atoms with Crippen molar-refractivity contribution in [2.75, 3.05) is 0 Å². The number of amides is 2. The summed E-state index contributed by atoms with van der Waals surface area (Å²) in [5.74, 6) is -1.42. The van der Waals surface area contributed by atoms with Crippen molar-refractivity contribution in [3.05, 3.63) is 65.5 Å². The van der Waals surface area contributed by atoms with E-state index in [-0.39, 0.29) is 17.2 Å². The fourth-order valence-electron chi connectivity index (χ4n) is 2.16. The molecule has 0 aliphatic heterocycles. The predicted molar refractivity (Wildman–Crippen MR) is 96.3 cm³/mol. The van der Waals surface area contributed by atoms with E-state index in [4.69, 9.17) is 0 Å². The van der Waals surface area contributed by atoms with Crippen molar-refractivity contribution in [2.45, 2.75) is 19.9 Å². The molecule has 0 heterocycles. The molecule has 7 heteroatoms. The van der Waals surface area contributed by atoms with Crippen molar-refractivity contribution in [2.24, 2.45) is 11.0 Å². The second-order valence-electron chi connectivity index (χ2n) is 6.03. The molecule has 0 fully saturated rings. The van der Waals surface area contributed by atoms with Gasteiger partial charge in [0.05, 0.1) is 6.21 Å². The van der Waals surface area contributed by atoms with E-state index < -0.39 is 23.7 Å². The van der Waals surface area contributed by atoms with E-state index >= 15 is 0 Å². The van der Waals surface area contributed by atoms with Crippen molar-refractivity contribution in [1.29, 1.82) is 0 Å². The lowest BCUT2D eigenvalue weighted by molar-refractivity contribution is -0.123. The molecule has 1 unspecified atom stereocenters. The van der Waals surface area contributed by atoms with Gasteiger partial charge in [-0.15, -0.1) is 0 Å². The molecule has 0 saturated heterocycles. The molecule has 2 aromatic rings. The van der Waals surface area contributed by atoms with E-state index in [2.05, 4.69) is 15.8 Å². The summed E-state index contributed by atoms with van der Waals surface area (Å²) in [5.41, 5.74) is 3.34. The second-order valence-corrected chi connectivity index (χ2v) is 6.03. The monoisotopic (exact) mass is 357 g/mol. The van der Waals surface area contributed by atoms with Crippen LogP contribution in [0.5, 0.6) is 5.75 Å². The quantitative estimate of drug-likeness (QED) is 0.548. The first kappa shape index (κ1) is 19.1. The molecule has 0 aromatic heterocycles. The Bertz CT molecular complexity index is 787. The highest BCUT2D eigenvalue weighted by Gasteiger charge is 2.24. The minimum Gasteiger partial charge on any atom is -0.508 e. The van der Waals surface area contributed by atoms with Gasteiger partial charge in [0.2, 0.25) is 0 Å². The molecule has 2 aromatic carbocycles. The zero-order chi connectivity index (χ0) is 19.1. The molecule has 0 aliphatic rings. The Morgan fingerprint density at radius 2 is 1.69 bits per heavy atom. The number of phenolic OH excluding ortho intramolecular Hbond substituents is 1. The first-order chi connectivity index (χ1) is 12.4. The van der Waals surface area contributed by atoms with E-state index in [1.165, 1.54) is 42.6 Å². The molecule has 2 rings (SSSR count). The van der Waals surface area contributed by atoms with Crippen LogP contribution in [0.25, 0.3) is 0 Å². The number of carbonyl (C=O) groups is 2. The first-order valence-corrected chi connectivity index (χ1v) is 8.05. The Balaban J connectivity index is 1.99. The molecule has 0 saturated carbocycles. The topological polar surface area (TPSA) is 90.8 Å². The summed E-state index contributed by atoms with van der Waals surface area (Å²) >= 11 is 0. The Kier molecular flexibility index (Phi) is 6.43. The van der Waals surface area contributed by atoms with Crippen LogP contribution in [0.3, 0.4) is 0 Å². The van der Waals surface area contributed by atoms with Gasteiger partial charge >= 0.3 is 0 Å². The minimum atomic E-state index is -0.801. The van der Waals surface area contributed by atoms with Crippen LogP contribution in [-0.4, -0.2) is 29.2 Å². The van der Waals surface area contributed by atoms with Gasteiger partial charge in [-0.1, -0.05) is 13.8 Å². The lowest BCUT2D eigenvalue weighted by atomic mass is 10.0. The molecule has 3 N–H and O–H groups in total. The molecule has 2 amide bonds. The highest BCUT2D eigenvalue weighted by molar-refractivity contribution is 5.97. The molecule has 0 radical (unpaired) electrons. The van der Waals surface area contributed by atoms with Gasteiger partial charge in [-0.3, -0.25) is 9.59 Å². The number of rotatable bonds is 6. The summed E-state index contributed by atoms with van der Waals surface area (Å²) in [5, 5.41) is 15.7. The number of hydrogen-bond donors (Lipinski definition) is 3. The zero-order valence-corrected chi connectivity index (χ0v) is 14.4. The standard InChI is InChI=1S/C19H20FN3O3/c1-12(2)17(22-18(25)14-5-7-15(20)8-6-14)19(26)23-21-11-13-3-9-16(24)10-4-13/h3-12,17,24H,1-2H3,(H,22,25)(H,23,26)/b21-11+. The van der Waals surface area contributed by atoms with E-state index in [0.29, 0.717) is 5.56 Å². The van der Waals surface area contributed by atoms with Crippen molar-refractivity contribution >= 4 is 18.0 Å². The van der Waals surface area contributed by atoms with Crippen LogP contribution in [-0.2, 0) is 4.79 Å². The Hall–Kier alpha value is -3.22. The van der Waals surface area contributed by atoms with Gasteiger partial charge in [0, 0.05) is 5.56 Å². The maximum Gasteiger partial charge on any atom is 0.262 e. The van der Waals surface area contributed by atoms with Crippen molar-refractivity contribution in [3.8, 4) is 5.75 Å². The lowest BCUT2D eigenvalue weighted by Gasteiger charge is -2.20. The summed E-state index contributed by atoms with van der Waals surface area (Å²) in [6.45, 7) is 3.58. The Morgan fingerprint density at radius 3 is 2.27 bits per heavy atom. The number of phenols is 1. The van der Waals surface area contributed by atoms with Crippen molar-refractivity contribution in [3.63, 3.8) is 0 Å². The molecule has 6 nitrogen and oxygen atoms in total. The van der Waals surface area contributed by atoms with Gasteiger partial charge in [-0.2, -0.15) is 5.10 Å². The third-order valence-electron chi connectivity index (χ3n) is 3.62. The van der Waals surface area contributed by atoms with Crippen LogP contribution < -0.4 is 10.7 Å². The van der Waals surface area contributed by atoms with Crippen molar-refractivity contribution in [1.82, 2.24) is 10.7 Å². The normalized spacial score (nSPS) is 12.2. The van der Waals surface area contributed by atoms with Gasteiger partial charge in [-0.05, 0) is 60.0 Å². The number of nitrogens with zero attached hydrogens (tertiary/aromatic N) is 1. The third-order valence-corrected chi connectivity index (χ3v) is 3.62. The molecule has 136 valence electrons. The number of hydrazone groups is 1. The average molecular weight is 357 g/mol. The number of benzene rings is 2. The summed E-state index contributed by atoms with van der Waals surface area (Å²) in [6.07, 6.45) is 1.43. The molecular formula is C19H20FN3O3. The van der Waals surface area contributed by atoms with Gasteiger partial charge in [-0.25, -0.2) is 9.82 Å². The van der Waals surface area contributed by atoms with E-state index in [9.17, 15) is 19.1 Å². The van der Waals surface area contributed by atoms with Crippen LogP contribution in [0.15, 0.2) is 53.6 Å². The van der Waals surface area contributed by atoms with Crippen LogP contribution >= 0.6 is 0 Å². The lowest BCUT2D eigenvalue weighted by Crippen LogP contribution is -2.48. The molecule has 26 heavy (non-hydrogen) atoms. The SMILES string of the molecule is CC(C)C(NC(=O)c1ccc(F)cc1)C(=O)N/N=C/c1ccc(O)cc1. The highest BCUT2D eigenvalue weighted by Crippen LogP contribution is 2.08. The first-order valence-electron chi connectivity index (χ1n) is 8.05. The average Bonchev–Trinajstić information content (AvgIpc) is 2.61. The largest absolute Gasteiger partial charge is 0.508 e. The van der Waals surface area contributed by atoms with Crippen LogP contribution in [0.2, 0.25) is 0 Å². The number of nitrogens with one attached hydrogen (secondary N) is 2. The van der Waals surface area contributed by atoms with Gasteiger partial charge in [0.25, 0.3) is 11.8 Å². The zero-order valence-electron chi connectivity index (χ0n) is 14.4. The summed E-state index contributed by atoms with van der Waals surface area (Å²) in [6, 6.07) is 10.5. The third kappa shape index (κ3) is 5.41. The summed E-state index contributed by atoms with van der Waals surface area (Å²) in [4.78, 5) is 24.5.